The zero-order chi connectivity index (χ0) is 15.8. The van der Waals surface area contributed by atoms with Crippen LogP contribution >= 0.6 is 23.4 Å². The number of ether oxygens (including phenoxy) is 1. The molecule has 1 N–H and O–H groups in total. The zero-order valence-electron chi connectivity index (χ0n) is 13.2. The van der Waals surface area contributed by atoms with Gasteiger partial charge in [-0.05, 0) is 26.0 Å². The minimum Gasteiger partial charge on any atom is -0.383 e. The highest BCUT2D eigenvalue weighted by molar-refractivity contribution is 7.94. The van der Waals surface area contributed by atoms with Crippen LogP contribution in [0.1, 0.15) is 16.1 Å². The number of aryl methyl sites for hydroxylation is 2. The summed E-state index contributed by atoms with van der Waals surface area (Å²) in [5.41, 5.74) is 2.37. The molecule has 0 amide bonds. The molecule has 0 aliphatic carbocycles. The van der Waals surface area contributed by atoms with Crippen molar-refractivity contribution in [3.05, 3.63) is 40.4 Å². The van der Waals surface area contributed by atoms with E-state index in [1.165, 1.54) is 22.5 Å². The Morgan fingerprint density at radius 3 is 2.68 bits per heavy atom. The molecule has 0 unspecified atom stereocenters. The van der Waals surface area contributed by atoms with Crippen LogP contribution in [0.4, 0.5) is 5.13 Å². The van der Waals surface area contributed by atoms with Gasteiger partial charge in [0.2, 0.25) is 0 Å². The normalized spacial score (nSPS) is 10.9. The molecule has 0 aliphatic rings. The number of rotatable bonds is 9. The van der Waals surface area contributed by atoms with Gasteiger partial charge in [0.25, 0.3) is 0 Å². The molecule has 6 heteroatoms. The Labute approximate surface area is 140 Å². The Bertz CT molecular complexity index is 570. The third-order valence-electron chi connectivity index (χ3n) is 3.07. The van der Waals surface area contributed by atoms with Crippen molar-refractivity contribution in [2.24, 2.45) is 0 Å². The van der Waals surface area contributed by atoms with Crippen molar-refractivity contribution < 1.29 is 8.92 Å². The van der Waals surface area contributed by atoms with Crippen molar-refractivity contribution in [3.8, 4) is 0 Å². The first kappa shape index (κ1) is 17.3. The van der Waals surface area contributed by atoms with Crippen molar-refractivity contribution >= 4 is 28.5 Å². The van der Waals surface area contributed by atoms with Gasteiger partial charge in [0.05, 0.1) is 18.9 Å². The fraction of sp³-hybridized carbons (Fsp3) is 0.438. The molecule has 0 spiro atoms. The van der Waals surface area contributed by atoms with E-state index in [0.29, 0.717) is 13.2 Å². The van der Waals surface area contributed by atoms with E-state index in [2.05, 4.69) is 48.4 Å². The highest BCUT2D eigenvalue weighted by Gasteiger charge is 2.07. The van der Waals surface area contributed by atoms with Crippen LogP contribution in [0.25, 0.3) is 0 Å². The third-order valence-corrected chi connectivity index (χ3v) is 4.79. The first-order valence-electron chi connectivity index (χ1n) is 7.24. The van der Waals surface area contributed by atoms with Gasteiger partial charge in [0, 0.05) is 41.9 Å². The number of anilines is 1. The summed E-state index contributed by atoms with van der Waals surface area (Å²) in [6.45, 7) is 6.30. The lowest BCUT2D eigenvalue weighted by Crippen LogP contribution is -2.07. The Hall–Kier alpha value is -1.08. The molecular formula is C16H22N2O2S2. The average molecular weight is 338 g/mol. The second kappa shape index (κ2) is 9.15. The van der Waals surface area contributed by atoms with Gasteiger partial charge in [0.1, 0.15) is 0 Å². The Kier molecular flexibility index (Phi) is 7.18. The number of thiazole rings is 1. The van der Waals surface area contributed by atoms with E-state index >= 15 is 0 Å². The van der Waals surface area contributed by atoms with E-state index in [4.69, 9.17) is 8.92 Å². The van der Waals surface area contributed by atoms with Crippen LogP contribution in [0.2, 0.25) is 0 Å². The molecule has 0 atom stereocenters. The average Bonchev–Trinajstić information content (AvgIpc) is 2.86. The number of nitrogens with zero attached hydrogens (tertiary/aromatic N) is 1. The van der Waals surface area contributed by atoms with Gasteiger partial charge in [-0.15, -0.1) is 11.3 Å². The highest BCUT2D eigenvalue weighted by Crippen LogP contribution is 2.24. The number of benzene rings is 1. The van der Waals surface area contributed by atoms with Crippen LogP contribution in [-0.4, -0.2) is 31.9 Å². The van der Waals surface area contributed by atoms with Crippen LogP contribution in [0.15, 0.2) is 29.2 Å². The van der Waals surface area contributed by atoms with E-state index in [1.807, 2.05) is 0 Å². The van der Waals surface area contributed by atoms with Gasteiger partial charge in [-0.1, -0.05) is 17.7 Å². The second-order valence-corrected chi connectivity index (χ2v) is 6.99. The first-order valence-corrected chi connectivity index (χ1v) is 8.80. The Balaban J connectivity index is 1.73. The largest absolute Gasteiger partial charge is 0.383 e. The predicted molar refractivity (Wildman–Crippen MR) is 93.9 cm³/mol. The highest BCUT2D eigenvalue weighted by atomic mass is 32.2. The molecule has 1 heterocycles. The SMILES string of the molecule is COCCNc1nc(CCOSc2ccc(C)cc2)c(C)s1. The molecule has 0 bridgehead atoms. The van der Waals surface area contributed by atoms with Gasteiger partial charge in [-0.2, -0.15) is 0 Å². The molecule has 1 aromatic heterocycles. The molecule has 0 saturated carbocycles. The van der Waals surface area contributed by atoms with Gasteiger partial charge >= 0.3 is 0 Å². The number of nitrogens with one attached hydrogen (secondary N) is 1. The van der Waals surface area contributed by atoms with Crippen LogP contribution in [0.3, 0.4) is 0 Å². The monoisotopic (exact) mass is 338 g/mol. The third kappa shape index (κ3) is 5.61. The minimum absolute atomic E-state index is 0.653. The van der Waals surface area contributed by atoms with E-state index in [9.17, 15) is 0 Å². The second-order valence-electron chi connectivity index (χ2n) is 4.91. The molecular weight excluding hydrogens is 316 g/mol. The van der Waals surface area contributed by atoms with Crippen molar-refractivity contribution in [2.75, 3.05) is 32.2 Å². The lowest BCUT2D eigenvalue weighted by molar-refractivity contribution is 0.211. The maximum atomic E-state index is 5.67. The van der Waals surface area contributed by atoms with Gasteiger partial charge < -0.3 is 14.2 Å². The van der Waals surface area contributed by atoms with Gasteiger partial charge in [0.15, 0.2) is 5.13 Å². The molecule has 0 radical (unpaired) electrons. The summed E-state index contributed by atoms with van der Waals surface area (Å²) in [6, 6.07) is 8.33. The smallest absolute Gasteiger partial charge is 0.183 e. The number of hydrogen-bond donors (Lipinski definition) is 1. The lowest BCUT2D eigenvalue weighted by Gasteiger charge is -2.03. The summed E-state index contributed by atoms with van der Waals surface area (Å²) in [5.74, 6) is 0. The summed E-state index contributed by atoms with van der Waals surface area (Å²) < 4.78 is 10.7. The topological polar surface area (TPSA) is 43.4 Å². The lowest BCUT2D eigenvalue weighted by atomic mass is 10.2. The van der Waals surface area contributed by atoms with E-state index in [1.54, 1.807) is 18.4 Å². The number of hydrogen-bond acceptors (Lipinski definition) is 6. The summed E-state index contributed by atoms with van der Waals surface area (Å²) in [7, 11) is 1.70. The van der Waals surface area contributed by atoms with Crippen LogP contribution in [0, 0.1) is 13.8 Å². The standard InChI is InChI=1S/C16H22N2O2S2/c1-12-4-6-14(7-5-12)22-20-10-8-15-13(2)21-16(18-15)17-9-11-19-3/h4-7H,8-11H2,1-3H3,(H,17,18). The Morgan fingerprint density at radius 1 is 1.18 bits per heavy atom. The maximum absolute atomic E-state index is 5.67. The van der Waals surface area contributed by atoms with E-state index < -0.39 is 0 Å². The minimum atomic E-state index is 0.653. The molecule has 4 nitrogen and oxygen atoms in total. The molecule has 0 fully saturated rings. The summed E-state index contributed by atoms with van der Waals surface area (Å²) >= 11 is 3.10. The fourth-order valence-electron chi connectivity index (χ4n) is 1.84. The summed E-state index contributed by atoms with van der Waals surface area (Å²) in [5, 5.41) is 4.22. The molecule has 120 valence electrons. The molecule has 0 aliphatic heterocycles. The molecule has 2 rings (SSSR count). The Morgan fingerprint density at radius 2 is 1.95 bits per heavy atom. The van der Waals surface area contributed by atoms with Crippen LogP contribution in [-0.2, 0) is 15.3 Å². The number of methoxy groups -OCH3 is 1. The fourth-order valence-corrected chi connectivity index (χ4v) is 3.27. The van der Waals surface area contributed by atoms with Gasteiger partial charge in [-0.3, -0.25) is 0 Å². The van der Waals surface area contributed by atoms with Crippen molar-refractivity contribution in [1.29, 1.82) is 0 Å². The predicted octanol–water partition coefficient (Wildman–Crippen LogP) is 4.08. The molecule has 0 saturated heterocycles. The zero-order valence-corrected chi connectivity index (χ0v) is 14.9. The molecule has 1 aromatic carbocycles. The quantitative estimate of drug-likeness (QED) is 0.551. The molecule has 22 heavy (non-hydrogen) atoms. The van der Waals surface area contributed by atoms with Crippen LogP contribution in [0.5, 0.6) is 0 Å². The van der Waals surface area contributed by atoms with Crippen molar-refractivity contribution in [2.45, 2.75) is 25.2 Å². The van der Waals surface area contributed by atoms with Crippen molar-refractivity contribution in [3.63, 3.8) is 0 Å². The van der Waals surface area contributed by atoms with Gasteiger partial charge in [-0.25, -0.2) is 4.98 Å². The summed E-state index contributed by atoms with van der Waals surface area (Å²) in [6.07, 6.45) is 0.827. The maximum Gasteiger partial charge on any atom is 0.183 e. The van der Waals surface area contributed by atoms with Crippen molar-refractivity contribution in [1.82, 2.24) is 4.98 Å². The molecule has 2 aromatic rings. The van der Waals surface area contributed by atoms with E-state index in [-0.39, 0.29) is 0 Å². The van der Waals surface area contributed by atoms with E-state index in [0.717, 1.165) is 28.7 Å². The number of aromatic nitrogens is 1. The van der Waals surface area contributed by atoms with Crippen LogP contribution < -0.4 is 5.32 Å². The first-order chi connectivity index (χ1) is 10.7. The summed E-state index contributed by atoms with van der Waals surface area (Å²) in [4.78, 5) is 6.97.